The van der Waals surface area contributed by atoms with Crippen molar-refractivity contribution in [1.29, 1.82) is 0 Å². The lowest BCUT2D eigenvalue weighted by Crippen LogP contribution is -2.39. The van der Waals surface area contributed by atoms with E-state index in [1.807, 2.05) is 18.5 Å². The van der Waals surface area contributed by atoms with Crippen LogP contribution in [0.4, 0.5) is 0 Å². The topological polar surface area (TPSA) is 25.8 Å². The molecular formula is C24H24N2Si. The summed E-state index contributed by atoms with van der Waals surface area (Å²) in [6.07, 6.45) is 3.84. The van der Waals surface area contributed by atoms with Crippen LogP contribution in [-0.2, 0) is 5.41 Å². The van der Waals surface area contributed by atoms with Gasteiger partial charge in [0.25, 0.3) is 0 Å². The van der Waals surface area contributed by atoms with Crippen LogP contribution in [0.5, 0.6) is 0 Å². The molecule has 5 rings (SSSR count). The first-order chi connectivity index (χ1) is 12.8. The fraction of sp³-hybridized carbons (Fsp3) is 0.250. The summed E-state index contributed by atoms with van der Waals surface area (Å²) in [5.74, 6) is 0. The van der Waals surface area contributed by atoms with E-state index >= 15 is 0 Å². The number of benzene rings is 2. The van der Waals surface area contributed by atoms with E-state index in [0.29, 0.717) is 0 Å². The highest BCUT2D eigenvalue weighted by molar-refractivity contribution is 6.88. The normalized spacial score (nSPS) is 15.1. The van der Waals surface area contributed by atoms with Gasteiger partial charge in [-0.25, -0.2) is 0 Å². The van der Waals surface area contributed by atoms with Crippen molar-refractivity contribution in [2.24, 2.45) is 0 Å². The molecule has 4 aromatic rings. The zero-order chi connectivity index (χ0) is 19.0. The number of pyridine rings is 2. The van der Waals surface area contributed by atoms with E-state index in [4.69, 9.17) is 4.98 Å². The van der Waals surface area contributed by atoms with E-state index in [9.17, 15) is 0 Å². The van der Waals surface area contributed by atoms with Gasteiger partial charge in [0.05, 0.1) is 19.3 Å². The predicted octanol–water partition coefficient (Wildman–Crippen LogP) is 5.63. The van der Waals surface area contributed by atoms with Crippen LogP contribution in [0.25, 0.3) is 32.9 Å². The van der Waals surface area contributed by atoms with E-state index in [2.05, 4.69) is 74.9 Å². The zero-order valence-corrected chi connectivity index (χ0v) is 17.6. The smallest absolute Gasteiger partial charge is 0.0786 e. The molecule has 0 spiro atoms. The summed E-state index contributed by atoms with van der Waals surface area (Å²) >= 11 is 0. The molecule has 0 saturated heterocycles. The highest BCUT2D eigenvalue weighted by Crippen LogP contribution is 2.48. The van der Waals surface area contributed by atoms with E-state index in [0.717, 1.165) is 11.2 Å². The van der Waals surface area contributed by atoms with E-state index in [1.165, 1.54) is 38.0 Å². The average Bonchev–Trinajstić information content (AvgIpc) is 2.64. The van der Waals surface area contributed by atoms with Crippen LogP contribution in [0, 0.1) is 0 Å². The maximum absolute atomic E-state index is 4.83. The van der Waals surface area contributed by atoms with E-state index in [1.54, 1.807) is 0 Å². The predicted molar refractivity (Wildman–Crippen MR) is 118 cm³/mol. The van der Waals surface area contributed by atoms with Gasteiger partial charge < -0.3 is 0 Å². The highest BCUT2D eigenvalue weighted by Gasteiger charge is 2.35. The van der Waals surface area contributed by atoms with Crippen molar-refractivity contribution in [1.82, 2.24) is 9.97 Å². The Kier molecular flexibility index (Phi) is 3.24. The van der Waals surface area contributed by atoms with Gasteiger partial charge in [-0.1, -0.05) is 56.9 Å². The van der Waals surface area contributed by atoms with Crippen LogP contribution in [0.15, 0.2) is 54.9 Å². The molecule has 0 unspecified atom stereocenters. The second-order valence-corrected chi connectivity index (χ2v) is 14.3. The van der Waals surface area contributed by atoms with Gasteiger partial charge in [-0.2, -0.15) is 0 Å². The molecule has 0 bridgehead atoms. The molecule has 0 saturated carbocycles. The minimum atomic E-state index is -1.42. The molecule has 2 aromatic heterocycles. The molecule has 1 aliphatic carbocycles. The lowest BCUT2D eigenvalue weighted by molar-refractivity contribution is 0.645. The van der Waals surface area contributed by atoms with Crippen molar-refractivity contribution >= 4 is 34.9 Å². The largest absolute Gasteiger partial charge is 0.256 e. The molecule has 0 fully saturated rings. The SMILES string of the molecule is CC1(C)c2cc3ncccc3cc2-c2nccc3cc([Si](C)(C)C)cc1c23. The summed E-state index contributed by atoms with van der Waals surface area (Å²) in [7, 11) is -1.42. The van der Waals surface area contributed by atoms with Crippen molar-refractivity contribution < 1.29 is 0 Å². The summed E-state index contributed by atoms with van der Waals surface area (Å²) in [5, 5.41) is 5.32. The molecule has 0 radical (unpaired) electrons. The quantitative estimate of drug-likeness (QED) is 0.407. The second-order valence-electron chi connectivity index (χ2n) is 9.25. The third kappa shape index (κ3) is 2.31. The van der Waals surface area contributed by atoms with E-state index in [-0.39, 0.29) is 5.41 Å². The Morgan fingerprint density at radius 2 is 1.63 bits per heavy atom. The fourth-order valence-corrected chi connectivity index (χ4v) is 5.59. The van der Waals surface area contributed by atoms with E-state index < -0.39 is 8.07 Å². The molecule has 134 valence electrons. The Balaban J connectivity index is 1.96. The molecule has 2 heterocycles. The first-order valence-electron chi connectivity index (χ1n) is 9.60. The minimum absolute atomic E-state index is 0.0784. The summed E-state index contributed by atoms with van der Waals surface area (Å²) in [4.78, 5) is 9.44. The molecular weight excluding hydrogens is 344 g/mol. The van der Waals surface area contributed by atoms with Gasteiger partial charge >= 0.3 is 0 Å². The lowest BCUT2D eigenvalue weighted by atomic mass is 9.69. The summed E-state index contributed by atoms with van der Waals surface area (Å²) in [5.41, 5.74) is 6.08. The van der Waals surface area contributed by atoms with Gasteiger partial charge in [-0.3, -0.25) is 9.97 Å². The number of hydrogen-bond acceptors (Lipinski definition) is 2. The Morgan fingerprint density at radius 1 is 0.815 bits per heavy atom. The first kappa shape index (κ1) is 16.6. The number of aromatic nitrogens is 2. The maximum Gasteiger partial charge on any atom is 0.0786 e. The Labute approximate surface area is 161 Å². The number of hydrogen-bond donors (Lipinski definition) is 0. The zero-order valence-electron chi connectivity index (χ0n) is 16.6. The fourth-order valence-electron chi connectivity index (χ4n) is 4.43. The molecule has 0 N–H and O–H groups in total. The molecule has 0 amide bonds. The molecule has 0 atom stereocenters. The van der Waals surface area contributed by atoms with Gasteiger partial charge in [-0.05, 0) is 40.8 Å². The monoisotopic (exact) mass is 368 g/mol. The van der Waals surface area contributed by atoms with Gasteiger partial charge in [0.1, 0.15) is 0 Å². The van der Waals surface area contributed by atoms with Gasteiger partial charge in [0.15, 0.2) is 0 Å². The van der Waals surface area contributed by atoms with Crippen LogP contribution in [0.2, 0.25) is 19.6 Å². The van der Waals surface area contributed by atoms with Crippen molar-refractivity contribution in [3.05, 3.63) is 66.0 Å². The number of fused-ring (bicyclic) bond motifs is 3. The number of rotatable bonds is 1. The van der Waals surface area contributed by atoms with Gasteiger partial charge in [0.2, 0.25) is 0 Å². The average molecular weight is 369 g/mol. The third-order valence-corrected chi connectivity index (χ3v) is 8.09. The second kappa shape index (κ2) is 5.26. The molecule has 0 aliphatic heterocycles. The van der Waals surface area contributed by atoms with Crippen LogP contribution in [-0.4, -0.2) is 18.0 Å². The Hall–Kier alpha value is -2.52. The van der Waals surface area contributed by atoms with Gasteiger partial charge in [-0.15, -0.1) is 0 Å². The van der Waals surface area contributed by atoms with Crippen molar-refractivity contribution in [3.63, 3.8) is 0 Å². The summed E-state index contributed by atoms with van der Waals surface area (Å²) in [6.45, 7) is 12.0. The van der Waals surface area contributed by atoms with Crippen molar-refractivity contribution in [2.45, 2.75) is 38.9 Å². The Bertz CT molecular complexity index is 1230. The van der Waals surface area contributed by atoms with Crippen LogP contribution >= 0.6 is 0 Å². The van der Waals surface area contributed by atoms with Crippen LogP contribution in [0.1, 0.15) is 25.0 Å². The van der Waals surface area contributed by atoms with Crippen LogP contribution < -0.4 is 5.19 Å². The molecule has 27 heavy (non-hydrogen) atoms. The highest BCUT2D eigenvalue weighted by atomic mass is 28.3. The van der Waals surface area contributed by atoms with Gasteiger partial charge in [0, 0.05) is 34.1 Å². The number of nitrogens with zero attached hydrogens (tertiary/aromatic N) is 2. The molecule has 3 heteroatoms. The molecule has 1 aliphatic rings. The van der Waals surface area contributed by atoms with Crippen LogP contribution in [0.3, 0.4) is 0 Å². The standard InChI is InChI=1S/C24H24N2Si/c1-24(2)19-14-21-15(7-6-9-25-21)12-18(19)23-22-16(8-10-26-23)11-17(13-20(22)24)27(3,4)5/h6-14H,1-5H3. The minimum Gasteiger partial charge on any atom is -0.256 e. The summed E-state index contributed by atoms with van der Waals surface area (Å²) < 4.78 is 0. The van der Waals surface area contributed by atoms with Crippen molar-refractivity contribution in [2.75, 3.05) is 0 Å². The third-order valence-electron chi connectivity index (χ3n) is 6.07. The molecule has 2 aromatic carbocycles. The first-order valence-corrected chi connectivity index (χ1v) is 13.1. The lowest BCUT2D eigenvalue weighted by Gasteiger charge is -2.36. The van der Waals surface area contributed by atoms with Crippen molar-refractivity contribution in [3.8, 4) is 11.3 Å². The molecule has 2 nitrogen and oxygen atoms in total. The Morgan fingerprint density at radius 3 is 2.41 bits per heavy atom. The maximum atomic E-state index is 4.83. The summed E-state index contributed by atoms with van der Waals surface area (Å²) in [6, 6.07) is 15.7.